The van der Waals surface area contributed by atoms with Crippen molar-refractivity contribution in [1.29, 1.82) is 0 Å². The number of methoxy groups -OCH3 is 1. The highest BCUT2D eigenvalue weighted by molar-refractivity contribution is 7.71. The zero-order valence-corrected chi connectivity index (χ0v) is 25.7. The molecule has 2 aromatic heterocycles. The zero-order chi connectivity index (χ0) is 30.3. The van der Waals surface area contributed by atoms with Crippen LogP contribution in [0.15, 0.2) is 65.5 Å². The average molecular weight is 600 g/mol. The second kappa shape index (κ2) is 11.5. The van der Waals surface area contributed by atoms with Crippen molar-refractivity contribution < 1.29 is 13.7 Å². The van der Waals surface area contributed by atoms with Crippen molar-refractivity contribution in [1.82, 2.24) is 19.4 Å². The number of aromatic nitrogens is 3. The number of rotatable bonds is 7. The van der Waals surface area contributed by atoms with E-state index in [2.05, 4.69) is 21.3 Å². The lowest BCUT2D eigenvalue weighted by atomic mass is 10.0. The molecule has 8 nitrogen and oxygen atoms in total. The topological polar surface area (TPSA) is 92.2 Å². The predicted octanol–water partition coefficient (Wildman–Crippen LogP) is 5.94. The summed E-state index contributed by atoms with van der Waals surface area (Å²) in [4.78, 5) is 23.5. The van der Waals surface area contributed by atoms with E-state index in [9.17, 15) is 13.8 Å². The number of aromatic amines is 1. The molecule has 1 saturated heterocycles. The van der Waals surface area contributed by atoms with Crippen molar-refractivity contribution >= 4 is 52.0 Å². The molecular formula is C33H35FN5O3P. The fourth-order valence-electron chi connectivity index (χ4n) is 5.84. The van der Waals surface area contributed by atoms with Crippen LogP contribution >= 0.6 is 7.14 Å². The largest absolute Gasteiger partial charge is 0.497 e. The number of nitrogens with zero attached hydrogens (tertiary/aromatic N) is 3. The molecule has 1 aliphatic rings. The van der Waals surface area contributed by atoms with Gasteiger partial charge in [-0.1, -0.05) is 18.2 Å². The van der Waals surface area contributed by atoms with Gasteiger partial charge in [0, 0.05) is 55.7 Å². The van der Waals surface area contributed by atoms with E-state index in [1.54, 1.807) is 13.2 Å². The van der Waals surface area contributed by atoms with Gasteiger partial charge in [-0.15, -0.1) is 0 Å². The predicted molar refractivity (Wildman–Crippen MR) is 173 cm³/mol. The third kappa shape index (κ3) is 5.51. The number of benzene rings is 3. The van der Waals surface area contributed by atoms with Gasteiger partial charge < -0.3 is 24.2 Å². The number of H-pyrrole nitrogens is 1. The maximum Gasteiger partial charge on any atom is 0.258 e. The monoisotopic (exact) mass is 599 g/mol. The Hall–Kier alpha value is -4.20. The summed E-state index contributed by atoms with van der Waals surface area (Å²) in [6.45, 7) is 6.11. The SMILES string of the molecule is COc1ccc(P2(=O)CCN(CC=Cc3[nH]c(=O)c4c(ccc5nc(Nc6cc(F)ccc6C)n(C)c54)c3C)CC2)cc1. The number of ether oxygens (including phenoxy) is 1. The number of anilines is 2. The average Bonchev–Trinajstić information content (AvgIpc) is 3.33. The molecule has 0 saturated carbocycles. The first-order valence-corrected chi connectivity index (χ1v) is 16.4. The zero-order valence-electron chi connectivity index (χ0n) is 24.8. The minimum absolute atomic E-state index is 0.194. The second-order valence-electron chi connectivity index (χ2n) is 11.2. The van der Waals surface area contributed by atoms with E-state index in [-0.39, 0.29) is 11.4 Å². The van der Waals surface area contributed by atoms with Gasteiger partial charge in [0.2, 0.25) is 5.95 Å². The van der Waals surface area contributed by atoms with Crippen LogP contribution in [-0.4, -0.2) is 58.5 Å². The number of pyridine rings is 1. The van der Waals surface area contributed by atoms with Crippen molar-refractivity contribution in [3.63, 3.8) is 0 Å². The first-order chi connectivity index (χ1) is 20.7. The maximum atomic E-state index is 13.9. The van der Waals surface area contributed by atoms with Crippen LogP contribution in [0.5, 0.6) is 5.75 Å². The number of halogens is 1. The first kappa shape index (κ1) is 28.9. The first-order valence-electron chi connectivity index (χ1n) is 14.3. The minimum Gasteiger partial charge on any atom is -0.497 e. The third-order valence-corrected chi connectivity index (χ3v) is 11.6. The Kier molecular flexibility index (Phi) is 7.71. The van der Waals surface area contributed by atoms with E-state index in [4.69, 9.17) is 9.72 Å². The Balaban J connectivity index is 1.20. The fourth-order valence-corrected chi connectivity index (χ4v) is 8.49. The van der Waals surface area contributed by atoms with Gasteiger partial charge >= 0.3 is 0 Å². The molecule has 3 heterocycles. The summed E-state index contributed by atoms with van der Waals surface area (Å²) in [5, 5.41) is 5.56. The molecule has 222 valence electrons. The second-order valence-corrected chi connectivity index (χ2v) is 14.4. The Labute approximate surface area is 249 Å². The van der Waals surface area contributed by atoms with Crippen LogP contribution in [-0.2, 0) is 11.6 Å². The molecule has 43 heavy (non-hydrogen) atoms. The van der Waals surface area contributed by atoms with E-state index < -0.39 is 7.14 Å². The Bertz CT molecular complexity index is 1970. The quantitative estimate of drug-likeness (QED) is 0.225. The molecule has 1 fully saturated rings. The maximum absolute atomic E-state index is 13.9. The molecule has 0 radical (unpaired) electrons. The summed E-state index contributed by atoms with van der Waals surface area (Å²) in [7, 11) is 1.07. The van der Waals surface area contributed by atoms with E-state index in [0.29, 0.717) is 46.9 Å². The number of nitrogens with one attached hydrogen (secondary N) is 2. The Morgan fingerprint density at radius 1 is 1.09 bits per heavy atom. The molecular weight excluding hydrogens is 564 g/mol. The van der Waals surface area contributed by atoms with Crippen LogP contribution < -0.4 is 20.9 Å². The number of aryl methyl sites for hydroxylation is 3. The van der Waals surface area contributed by atoms with Crippen LogP contribution in [0.1, 0.15) is 16.8 Å². The van der Waals surface area contributed by atoms with E-state index in [1.165, 1.54) is 12.1 Å². The van der Waals surface area contributed by atoms with Crippen molar-refractivity contribution in [3.8, 4) is 5.75 Å². The van der Waals surface area contributed by atoms with Gasteiger partial charge in [-0.05, 0) is 78.9 Å². The molecule has 0 bridgehead atoms. The van der Waals surface area contributed by atoms with Gasteiger partial charge in [-0.25, -0.2) is 9.37 Å². The normalized spacial score (nSPS) is 15.5. The van der Waals surface area contributed by atoms with Crippen LogP contribution in [0.25, 0.3) is 27.9 Å². The lowest BCUT2D eigenvalue weighted by Gasteiger charge is -2.31. The van der Waals surface area contributed by atoms with Crippen LogP contribution in [0.2, 0.25) is 0 Å². The standard InChI is InChI=1S/C33H35FN5O3P/c1-21-7-8-23(34)20-29(21)37-33-36-28-14-13-26-22(2)27(35-32(40)30(26)31(28)38(33)3)6-5-15-39-16-18-43(41,19-17-39)25-11-9-24(42-4)10-12-25/h5-14,20H,15-19H2,1-4H3,(H,35,40)(H,36,37). The summed E-state index contributed by atoms with van der Waals surface area (Å²) < 4.78 is 34.5. The van der Waals surface area contributed by atoms with Crippen molar-refractivity contribution in [3.05, 3.63) is 93.7 Å². The molecule has 0 spiro atoms. The number of hydrogen-bond donors (Lipinski definition) is 2. The Morgan fingerprint density at radius 2 is 1.84 bits per heavy atom. The molecule has 0 unspecified atom stereocenters. The molecule has 2 N–H and O–H groups in total. The lowest BCUT2D eigenvalue weighted by Crippen LogP contribution is -2.37. The molecule has 3 aromatic carbocycles. The summed E-state index contributed by atoms with van der Waals surface area (Å²) in [6.07, 6.45) is 5.31. The molecule has 10 heteroatoms. The van der Waals surface area contributed by atoms with Crippen LogP contribution in [0.3, 0.4) is 0 Å². The summed E-state index contributed by atoms with van der Waals surface area (Å²) >= 11 is 0. The van der Waals surface area contributed by atoms with E-state index in [0.717, 1.165) is 46.4 Å². The number of hydrogen-bond acceptors (Lipinski definition) is 6. The molecule has 5 aromatic rings. The van der Waals surface area contributed by atoms with Crippen molar-refractivity contribution in [2.24, 2.45) is 7.05 Å². The highest BCUT2D eigenvalue weighted by atomic mass is 31.2. The third-order valence-electron chi connectivity index (χ3n) is 8.51. The summed E-state index contributed by atoms with van der Waals surface area (Å²) in [6, 6.07) is 16.0. The molecule has 0 atom stereocenters. The lowest BCUT2D eigenvalue weighted by molar-refractivity contribution is 0.328. The van der Waals surface area contributed by atoms with Gasteiger partial charge in [0.15, 0.2) is 0 Å². The van der Waals surface area contributed by atoms with Gasteiger partial charge in [0.05, 0.1) is 23.5 Å². The fraction of sp³-hybridized carbons (Fsp3) is 0.273. The molecule has 6 rings (SSSR count). The van der Waals surface area contributed by atoms with Gasteiger partial charge in [0.25, 0.3) is 5.56 Å². The number of imidazole rings is 1. The van der Waals surface area contributed by atoms with E-state index in [1.807, 2.05) is 67.9 Å². The van der Waals surface area contributed by atoms with Gasteiger partial charge in [-0.3, -0.25) is 9.69 Å². The highest BCUT2D eigenvalue weighted by Gasteiger charge is 2.30. The minimum atomic E-state index is -2.41. The van der Waals surface area contributed by atoms with E-state index >= 15 is 0 Å². The molecule has 0 aliphatic carbocycles. The van der Waals surface area contributed by atoms with Crippen LogP contribution in [0.4, 0.5) is 16.0 Å². The smallest absolute Gasteiger partial charge is 0.258 e. The van der Waals surface area contributed by atoms with Gasteiger partial charge in [0.1, 0.15) is 18.7 Å². The van der Waals surface area contributed by atoms with Crippen molar-refractivity contribution in [2.75, 3.05) is 44.4 Å². The van der Waals surface area contributed by atoms with Gasteiger partial charge in [-0.2, -0.15) is 0 Å². The summed E-state index contributed by atoms with van der Waals surface area (Å²) in [5.41, 5.74) is 4.43. The van der Waals surface area contributed by atoms with Crippen molar-refractivity contribution in [2.45, 2.75) is 13.8 Å². The highest BCUT2D eigenvalue weighted by Crippen LogP contribution is 2.46. The Morgan fingerprint density at radius 3 is 2.56 bits per heavy atom. The number of fused-ring (bicyclic) bond motifs is 3. The molecule has 0 amide bonds. The summed E-state index contributed by atoms with van der Waals surface area (Å²) in [5.74, 6) is 0.956. The molecule has 1 aliphatic heterocycles. The van der Waals surface area contributed by atoms with Crippen LogP contribution in [0, 0.1) is 19.7 Å².